The molecule has 5 heteroatoms. The van der Waals surface area contributed by atoms with E-state index in [2.05, 4.69) is 21.3 Å². The molecule has 0 radical (unpaired) electrons. The highest BCUT2D eigenvalue weighted by Crippen LogP contribution is 2.19. The molecule has 1 saturated heterocycles. The van der Waals surface area contributed by atoms with Gasteiger partial charge in [0.05, 0.1) is 5.56 Å². The van der Waals surface area contributed by atoms with Crippen molar-refractivity contribution in [3.05, 3.63) is 23.9 Å². The first kappa shape index (κ1) is 12.8. The molecule has 0 aliphatic carbocycles. The molecule has 2 rings (SSSR count). The largest absolute Gasteiger partial charge is 0.354 e. The van der Waals surface area contributed by atoms with Crippen LogP contribution in [-0.4, -0.2) is 31.2 Å². The Bertz CT molecular complexity index is 382. The predicted molar refractivity (Wildman–Crippen MR) is 65.9 cm³/mol. The van der Waals surface area contributed by atoms with E-state index in [1.807, 2.05) is 7.05 Å². The van der Waals surface area contributed by atoms with Crippen molar-refractivity contribution in [2.24, 2.45) is 0 Å². The van der Waals surface area contributed by atoms with Crippen molar-refractivity contribution in [2.75, 3.05) is 25.0 Å². The van der Waals surface area contributed by atoms with Gasteiger partial charge in [-0.15, -0.1) is 12.4 Å². The third-order valence-electron chi connectivity index (χ3n) is 2.82. The fourth-order valence-electron chi connectivity index (χ4n) is 1.91. The molecule has 0 amide bonds. The van der Waals surface area contributed by atoms with E-state index in [1.165, 1.54) is 0 Å². The summed E-state index contributed by atoms with van der Waals surface area (Å²) < 4.78 is 0. The third-order valence-corrected chi connectivity index (χ3v) is 2.82. The van der Waals surface area contributed by atoms with E-state index in [1.54, 1.807) is 18.3 Å². The number of aromatic nitrogens is 1. The number of nitrogens with zero attached hydrogens (tertiary/aromatic N) is 3. The summed E-state index contributed by atoms with van der Waals surface area (Å²) >= 11 is 0. The minimum absolute atomic E-state index is 0. The van der Waals surface area contributed by atoms with Gasteiger partial charge in [-0.25, -0.2) is 4.98 Å². The molecule has 1 N–H and O–H groups in total. The second-order valence-electron chi connectivity index (χ2n) is 3.74. The van der Waals surface area contributed by atoms with E-state index in [0.29, 0.717) is 11.6 Å². The van der Waals surface area contributed by atoms with E-state index in [-0.39, 0.29) is 12.4 Å². The van der Waals surface area contributed by atoms with Crippen LogP contribution < -0.4 is 10.2 Å². The van der Waals surface area contributed by atoms with E-state index >= 15 is 0 Å². The number of halogens is 1. The van der Waals surface area contributed by atoms with Crippen LogP contribution in [0.1, 0.15) is 12.0 Å². The van der Waals surface area contributed by atoms with Gasteiger partial charge in [-0.05, 0) is 25.1 Å². The maximum absolute atomic E-state index is 8.98. The van der Waals surface area contributed by atoms with E-state index in [9.17, 15) is 0 Å². The van der Waals surface area contributed by atoms with Crippen LogP contribution >= 0.6 is 12.4 Å². The summed E-state index contributed by atoms with van der Waals surface area (Å²) in [4.78, 5) is 6.37. The van der Waals surface area contributed by atoms with Crippen molar-refractivity contribution < 1.29 is 0 Å². The van der Waals surface area contributed by atoms with Crippen molar-refractivity contribution in [3.63, 3.8) is 0 Å². The van der Waals surface area contributed by atoms with Crippen LogP contribution in [0.5, 0.6) is 0 Å². The fraction of sp³-hybridized carbons (Fsp3) is 0.455. The Kier molecular flexibility index (Phi) is 4.53. The summed E-state index contributed by atoms with van der Waals surface area (Å²) in [7, 11) is 2.00. The first-order valence-corrected chi connectivity index (χ1v) is 5.11. The fourth-order valence-corrected chi connectivity index (χ4v) is 1.91. The summed E-state index contributed by atoms with van der Waals surface area (Å²) in [5.74, 6) is 0.786. The topological polar surface area (TPSA) is 52.0 Å². The first-order chi connectivity index (χ1) is 7.33. The number of pyridine rings is 1. The Morgan fingerprint density at radius 2 is 2.44 bits per heavy atom. The molecule has 0 saturated carbocycles. The van der Waals surface area contributed by atoms with Gasteiger partial charge >= 0.3 is 0 Å². The Labute approximate surface area is 102 Å². The molecule has 0 bridgehead atoms. The minimum atomic E-state index is 0. The van der Waals surface area contributed by atoms with Crippen LogP contribution in [0.15, 0.2) is 18.3 Å². The molecule has 86 valence electrons. The number of hydrogen-bond acceptors (Lipinski definition) is 4. The van der Waals surface area contributed by atoms with Crippen LogP contribution in [0, 0.1) is 11.3 Å². The minimum Gasteiger partial charge on any atom is -0.354 e. The molecule has 1 aliphatic rings. The first-order valence-electron chi connectivity index (χ1n) is 5.11. The predicted octanol–water partition coefficient (Wildman–Crippen LogP) is 1.17. The summed E-state index contributed by atoms with van der Waals surface area (Å²) in [5, 5.41) is 12.3. The van der Waals surface area contributed by atoms with Gasteiger partial charge in [0, 0.05) is 25.8 Å². The van der Waals surface area contributed by atoms with Crippen LogP contribution in [0.25, 0.3) is 0 Å². The number of nitriles is 1. The van der Waals surface area contributed by atoms with Gasteiger partial charge in [-0.2, -0.15) is 5.26 Å². The van der Waals surface area contributed by atoms with E-state index in [0.717, 1.165) is 25.3 Å². The molecule has 4 nitrogen and oxygen atoms in total. The van der Waals surface area contributed by atoms with Gasteiger partial charge in [-0.3, -0.25) is 0 Å². The maximum atomic E-state index is 8.98. The smallest absolute Gasteiger partial charge is 0.146 e. The molecule has 1 aromatic rings. The lowest BCUT2D eigenvalue weighted by molar-refractivity contribution is 0.677. The van der Waals surface area contributed by atoms with Crippen molar-refractivity contribution in [2.45, 2.75) is 12.5 Å². The van der Waals surface area contributed by atoms with Crippen molar-refractivity contribution in [3.8, 4) is 6.07 Å². The van der Waals surface area contributed by atoms with E-state index in [4.69, 9.17) is 5.26 Å². The monoisotopic (exact) mass is 238 g/mol. The lowest BCUT2D eigenvalue weighted by Gasteiger charge is -2.25. The SMILES string of the molecule is CN(c1ncccc1C#N)[C@H]1CCNC1.Cl. The van der Waals surface area contributed by atoms with Gasteiger partial charge in [0.2, 0.25) is 0 Å². The number of likely N-dealkylation sites (N-methyl/N-ethyl adjacent to an activating group) is 1. The van der Waals surface area contributed by atoms with Crippen LogP contribution in [-0.2, 0) is 0 Å². The molecule has 16 heavy (non-hydrogen) atoms. The van der Waals surface area contributed by atoms with Crippen molar-refractivity contribution >= 4 is 18.2 Å². The molecule has 0 aromatic carbocycles. The molecule has 1 fully saturated rings. The Balaban J connectivity index is 0.00000128. The van der Waals surface area contributed by atoms with E-state index < -0.39 is 0 Å². The number of rotatable bonds is 2. The van der Waals surface area contributed by atoms with Crippen LogP contribution in [0.4, 0.5) is 5.82 Å². The van der Waals surface area contributed by atoms with Gasteiger partial charge < -0.3 is 10.2 Å². The Hall–Kier alpha value is -1.31. The third kappa shape index (κ3) is 2.43. The molecule has 0 spiro atoms. The standard InChI is InChI=1S/C11H14N4.ClH/c1-15(10-4-6-13-8-10)11-9(7-12)3-2-5-14-11;/h2-3,5,10,13H,4,6,8H2,1H3;1H/t10-;/m0./s1. The average Bonchev–Trinajstić information content (AvgIpc) is 2.81. The zero-order valence-corrected chi connectivity index (χ0v) is 10.00. The molecule has 1 atom stereocenters. The second kappa shape index (κ2) is 5.69. The highest BCUT2D eigenvalue weighted by atomic mass is 35.5. The summed E-state index contributed by atoms with van der Waals surface area (Å²) in [6, 6.07) is 6.23. The van der Waals surface area contributed by atoms with Crippen LogP contribution in [0.2, 0.25) is 0 Å². The van der Waals surface area contributed by atoms with Gasteiger partial charge in [0.25, 0.3) is 0 Å². The molecule has 0 unspecified atom stereocenters. The second-order valence-corrected chi connectivity index (χ2v) is 3.74. The lowest BCUT2D eigenvalue weighted by atomic mass is 10.2. The van der Waals surface area contributed by atoms with Gasteiger partial charge in [0.15, 0.2) is 0 Å². The summed E-state index contributed by atoms with van der Waals surface area (Å²) in [6.45, 7) is 2.02. The zero-order chi connectivity index (χ0) is 10.7. The number of hydrogen-bond donors (Lipinski definition) is 1. The van der Waals surface area contributed by atoms with Crippen molar-refractivity contribution in [1.29, 1.82) is 5.26 Å². The molecule has 1 aromatic heterocycles. The zero-order valence-electron chi connectivity index (χ0n) is 9.18. The normalized spacial score (nSPS) is 18.6. The quantitative estimate of drug-likeness (QED) is 0.841. The molecular weight excluding hydrogens is 224 g/mol. The number of nitrogens with one attached hydrogen (secondary N) is 1. The van der Waals surface area contributed by atoms with Gasteiger partial charge in [0.1, 0.15) is 11.9 Å². The maximum Gasteiger partial charge on any atom is 0.146 e. The highest BCUT2D eigenvalue weighted by Gasteiger charge is 2.21. The molecular formula is C11H15ClN4. The summed E-state index contributed by atoms with van der Waals surface area (Å²) in [5.41, 5.74) is 0.645. The Morgan fingerprint density at radius 3 is 3.06 bits per heavy atom. The van der Waals surface area contributed by atoms with Crippen molar-refractivity contribution in [1.82, 2.24) is 10.3 Å². The molecule has 1 aliphatic heterocycles. The van der Waals surface area contributed by atoms with Crippen LogP contribution in [0.3, 0.4) is 0 Å². The molecule has 2 heterocycles. The highest BCUT2D eigenvalue weighted by molar-refractivity contribution is 5.85. The number of anilines is 1. The lowest BCUT2D eigenvalue weighted by Crippen LogP contribution is -2.34. The Morgan fingerprint density at radius 1 is 1.62 bits per heavy atom. The summed E-state index contributed by atoms with van der Waals surface area (Å²) in [6.07, 6.45) is 2.84. The average molecular weight is 239 g/mol. The van der Waals surface area contributed by atoms with Gasteiger partial charge in [-0.1, -0.05) is 0 Å².